The molecule has 9 nitrogen and oxygen atoms in total. The Labute approximate surface area is 205 Å². The number of hydrogen-bond donors (Lipinski definition) is 0. The van der Waals surface area contributed by atoms with Crippen LogP contribution in [0.5, 0.6) is 0 Å². The highest BCUT2D eigenvalue weighted by molar-refractivity contribution is 5.97. The smallest absolute Gasteiger partial charge is 0.341 e. The highest BCUT2D eigenvalue weighted by Gasteiger charge is 2.21. The first-order valence-electron chi connectivity index (χ1n) is 11.6. The summed E-state index contributed by atoms with van der Waals surface area (Å²) in [4.78, 5) is 48.1. The number of hydrogen-bond acceptors (Lipinski definition) is 6. The van der Waals surface area contributed by atoms with Crippen molar-refractivity contribution in [3.05, 3.63) is 87.5 Å². The minimum absolute atomic E-state index is 0.0663. The Morgan fingerprint density at radius 3 is 2.58 bits per heavy atom. The molecule has 0 saturated heterocycles. The molecule has 0 aliphatic rings. The monoisotopic (exact) mass is 492 g/mol. The van der Waals surface area contributed by atoms with Crippen LogP contribution in [0.15, 0.2) is 64.5 Å². The predicted molar refractivity (Wildman–Crippen MR) is 130 cm³/mol. The summed E-state index contributed by atoms with van der Waals surface area (Å²) in [6.07, 6.45) is 2.06. The maximum absolute atomic E-state index is 14.3. The Hall–Kier alpha value is -4.18. The van der Waals surface area contributed by atoms with Crippen LogP contribution in [0.25, 0.3) is 16.7 Å². The molecule has 36 heavy (non-hydrogen) atoms. The summed E-state index contributed by atoms with van der Waals surface area (Å²) < 4.78 is 27.9. The molecule has 3 heterocycles. The van der Waals surface area contributed by atoms with Crippen LogP contribution in [0.4, 0.5) is 4.39 Å². The molecule has 0 fully saturated rings. The van der Waals surface area contributed by atoms with Crippen LogP contribution in [0, 0.1) is 5.82 Å². The maximum atomic E-state index is 14.3. The number of nitrogens with zero attached hydrogens (tertiary/aromatic N) is 4. The zero-order chi connectivity index (χ0) is 25.7. The minimum atomic E-state index is -0.880. The molecule has 0 spiro atoms. The van der Waals surface area contributed by atoms with E-state index in [4.69, 9.17) is 9.47 Å². The van der Waals surface area contributed by atoms with Crippen LogP contribution in [-0.2, 0) is 16.0 Å². The lowest BCUT2D eigenvalue weighted by Crippen LogP contribution is -2.33. The van der Waals surface area contributed by atoms with Crippen molar-refractivity contribution in [3.8, 4) is 0 Å². The number of benzene rings is 1. The van der Waals surface area contributed by atoms with Crippen molar-refractivity contribution in [3.63, 3.8) is 0 Å². The number of fused-ring (bicyclic) bond motifs is 2. The van der Waals surface area contributed by atoms with Gasteiger partial charge in [0.15, 0.2) is 5.49 Å². The van der Waals surface area contributed by atoms with Crippen LogP contribution >= 0.6 is 0 Å². The molecule has 186 valence electrons. The first-order valence-corrected chi connectivity index (χ1v) is 11.6. The van der Waals surface area contributed by atoms with Crippen LogP contribution in [0.2, 0.25) is 0 Å². The topological polar surface area (TPSA) is 104 Å². The largest absolute Gasteiger partial charge is 0.462 e. The first kappa shape index (κ1) is 24.9. The molecular weight excluding hydrogens is 467 g/mol. The van der Waals surface area contributed by atoms with Gasteiger partial charge in [0.2, 0.25) is 0 Å². The molecular formula is C26H25FN4O5. The summed E-state index contributed by atoms with van der Waals surface area (Å²) in [6, 6.07) is 11.9. The van der Waals surface area contributed by atoms with Gasteiger partial charge in [0.25, 0.3) is 11.5 Å². The summed E-state index contributed by atoms with van der Waals surface area (Å²) in [7, 11) is 0. The van der Waals surface area contributed by atoms with Gasteiger partial charge in [0.1, 0.15) is 22.7 Å². The van der Waals surface area contributed by atoms with Gasteiger partial charge in [-0.25, -0.2) is 14.2 Å². The number of aromatic nitrogens is 3. The second kappa shape index (κ2) is 11.0. The third-order valence-electron chi connectivity index (χ3n) is 5.47. The van der Waals surface area contributed by atoms with Crippen molar-refractivity contribution in [2.24, 2.45) is 4.99 Å². The van der Waals surface area contributed by atoms with Crippen molar-refractivity contribution in [2.45, 2.75) is 26.8 Å². The van der Waals surface area contributed by atoms with Gasteiger partial charge in [-0.15, -0.1) is 0 Å². The second-order valence-electron chi connectivity index (χ2n) is 7.78. The molecule has 1 aromatic carbocycles. The van der Waals surface area contributed by atoms with Crippen LogP contribution in [-0.4, -0.2) is 45.6 Å². The Bertz CT molecular complexity index is 1570. The summed E-state index contributed by atoms with van der Waals surface area (Å²) in [5, 5.41) is 0.149. The van der Waals surface area contributed by atoms with Crippen molar-refractivity contribution >= 4 is 28.6 Å². The highest BCUT2D eigenvalue weighted by Crippen LogP contribution is 2.13. The molecule has 0 radical (unpaired) electrons. The second-order valence-corrected chi connectivity index (χ2v) is 7.78. The fraction of sp³-hybridized carbons (Fsp3) is 0.269. The van der Waals surface area contributed by atoms with Gasteiger partial charge in [0, 0.05) is 26.0 Å². The Morgan fingerprint density at radius 1 is 1.06 bits per heavy atom. The van der Waals surface area contributed by atoms with E-state index in [0.717, 1.165) is 6.07 Å². The van der Waals surface area contributed by atoms with Gasteiger partial charge < -0.3 is 14.0 Å². The van der Waals surface area contributed by atoms with Crippen LogP contribution in [0.1, 0.15) is 41.0 Å². The van der Waals surface area contributed by atoms with E-state index < -0.39 is 23.3 Å². The van der Waals surface area contributed by atoms with Crippen molar-refractivity contribution in [1.82, 2.24) is 14.0 Å². The van der Waals surface area contributed by atoms with E-state index in [1.165, 1.54) is 33.2 Å². The van der Waals surface area contributed by atoms with Gasteiger partial charge in [-0.3, -0.25) is 14.0 Å². The number of rotatable bonds is 8. The normalized spacial score (nSPS) is 11.8. The molecule has 0 unspecified atom stereocenters. The number of esters is 1. The zero-order valence-corrected chi connectivity index (χ0v) is 19.9. The van der Waals surface area contributed by atoms with E-state index in [9.17, 15) is 18.8 Å². The molecule has 0 bridgehead atoms. The van der Waals surface area contributed by atoms with E-state index in [-0.39, 0.29) is 40.8 Å². The Morgan fingerprint density at radius 2 is 1.83 bits per heavy atom. The van der Waals surface area contributed by atoms with Gasteiger partial charge in [-0.2, -0.15) is 4.99 Å². The predicted octanol–water partition coefficient (Wildman–Crippen LogP) is 3.13. The summed E-state index contributed by atoms with van der Waals surface area (Å²) >= 11 is 0. The fourth-order valence-electron chi connectivity index (χ4n) is 3.83. The van der Waals surface area contributed by atoms with Crippen LogP contribution in [0.3, 0.4) is 0 Å². The lowest BCUT2D eigenvalue weighted by atomic mass is 10.2. The number of carbonyl (C=O) groups is 2. The molecule has 4 aromatic rings. The number of ether oxygens (including phenoxy) is 2. The number of amides is 1. The van der Waals surface area contributed by atoms with Crippen molar-refractivity contribution in [1.29, 1.82) is 0 Å². The number of aryl methyl sites for hydroxylation is 1. The van der Waals surface area contributed by atoms with Crippen molar-refractivity contribution < 1.29 is 23.5 Å². The summed E-state index contributed by atoms with van der Waals surface area (Å²) in [6.45, 7) is 4.70. The molecule has 1 amide bonds. The SMILES string of the molecule is CCOCCCn1c(=NC(=O)c2ccccc2F)c(C(=O)OCC)cc2c(=O)n3ccccc3nc21. The zero-order valence-electron chi connectivity index (χ0n) is 19.9. The average molecular weight is 493 g/mol. The van der Waals surface area contributed by atoms with Crippen molar-refractivity contribution in [2.75, 3.05) is 19.8 Å². The Kier molecular flexibility index (Phi) is 7.65. The van der Waals surface area contributed by atoms with Crippen LogP contribution < -0.4 is 11.0 Å². The molecule has 10 heteroatoms. The van der Waals surface area contributed by atoms with Gasteiger partial charge in [-0.05, 0) is 50.6 Å². The highest BCUT2D eigenvalue weighted by atomic mass is 19.1. The van der Waals surface area contributed by atoms with E-state index in [0.29, 0.717) is 25.3 Å². The number of halogens is 1. The molecule has 4 rings (SSSR count). The van der Waals surface area contributed by atoms with Gasteiger partial charge >= 0.3 is 5.97 Å². The lowest BCUT2D eigenvalue weighted by molar-refractivity contribution is 0.0523. The molecule has 0 atom stereocenters. The van der Waals surface area contributed by atoms with Gasteiger partial charge in [0.05, 0.1) is 17.6 Å². The third-order valence-corrected chi connectivity index (χ3v) is 5.47. The quantitative estimate of drug-likeness (QED) is 0.213. The van der Waals surface area contributed by atoms with E-state index >= 15 is 0 Å². The number of pyridine rings is 2. The lowest BCUT2D eigenvalue weighted by Gasteiger charge is -2.15. The fourth-order valence-corrected chi connectivity index (χ4v) is 3.83. The molecule has 0 aliphatic carbocycles. The molecule has 0 saturated carbocycles. The average Bonchev–Trinajstić information content (AvgIpc) is 2.88. The molecule has 3 aromatic heterocycles. The van der Waals surface area contributed by atoms with E-state index in [2.05, 4.69) is 9.98 Å². The summed E-state index contributed by atoms with van der Waals surface area (Å²) in [5.74, 6) is -2.39. The summed E-state index contributed by atoms with van der Waals surface area (Å²) in [5.41, 5.74) is -0.204. The third kappa shape index (κ3) is 4.94. The first-order chi connectivity index (χ1) is 17.5. The van der Waals surface area contributed by atoms with E-state index in [1.54, 1.807) is 31.3 Å². The standard InChI is InChI=1S/C26H25FN4O5/c1-3-35-15-9-14-31-22-18(25(33)30-13-8-7-12-21(30)28-22)16-19(26(34)36-4-2)23(31)29-24(32)17-10-5-6-11-20(17)27/h5-8,10-13,16H,3-4,9,14-15H2,1-2H3. The maximum Gasteiger partial charge on any atom is 0.341 e. The molecule has 0 aliphatic heterocycles. The van der Waals surface area contributed by atoms with Gasteiger partial charge in [-0.1, -0.05) is 18.2 Å². The number of carbonyl (C=O) groups excluding carboxylic acids is 2. The van der Waals surface area contributed by atoms with E-state index in [1.807, 2.05) is 6.92 Å². The minimum Gasteiger partial charge on any atom is -0.462 e. The Balaban J connectivity index is 2.07. The molecule has 0 N–H and O–H groups in total.